The number of ether oxygens (including phenoxy) is 2. The lowest BCUT2D eigenvalue weighted by Crippen LogP contribution is -2.19. The van der Waals surface area contributed by atoms with Crippen LogP contribution in [0.1, 0.15) is 18.9 Å². The van der Waals surface area contributed by atoms with Crippen LogP contribution in [0, 0.1) is 5.92 Å². The van der Waals surface area contributed by atoms with Crippen molar-refractivity contribution in [2.24, 2.45) is 5.92 Å². The molecule has 1 aromatic carbocycles. The van der Waals surface area contributed by atoms with Crippen molar-refractivity contribution in [3.05, 3.63) is 23.8 Å². The van der Waals surface area contributed by atoms with Gasteiger partial charge < -0.3 is 9.47 Å². The van der Waals surface area contributed by atoms with Gasteiger partial charge in [-0.2, -0.15) is 0 Å². The normalized spacial score (nSPS) is 23.9. The zero-order valence-electron chi connectivity index (χ0n) is 9.61. The second kappa shape index (κ2) is 3.98. The van der Waals surface area contributed by atoms with Crippen LogP contribution in [0.25, 0.3) is 0 Å². The molecule has 1 fully saturated rings. The van der Waals surface area contributed by atoms with Gasteiger partial charge in [-0.25, -0.2) is 0 Å². The van der Waals surface area contributed by atoms with Crippen molar-refractivity contribution in [1.29, 1.82) is 0 Å². The van der Waals surface area contributed by atoms with Gasteiger partial charge in [0.15, 0.2) is 11.5 Å². The summed E-state index contributed by atoms with van der Waals surface area (Å²) in [6, 6.07) is 6.25. The maximum atomic E-state index is 5.38. The Bertz CT molecular complexity index is 392. The molecule has 1 atom stereocenters. The molecule has 1 aromatic rings. The zero-order chi connectivity index (χ0) is 11.0. The van der Waals surface area contributed by atoms with Crippen LogP contribution >= 0.6 is 0 Å². The van der Waals surface area contributed by atoms with Crippen LogP contribution in [0.2, 0.25) is 0 Å². The van der Waals surface area contributed by atoms with Crippen molar-refractivity contribution in [1.82, 2.24) is 4.90 Å². The summed E-state index contributed by atoms with van der Waals surface area (Å²) in [5, 5.41) is 0. The fraction of sp³-hybridized carbons (Fsp3) is 0.538. The summed E-state index contributed by atoms with van der Waals surface area (Å²) < 4.78 is 10.7. The van der Waals surface area contributed by atoms with Crippen molar-refractivity contribution in [2.75, 3.05) is 19.9 Å². The SMILES string of the molecule is C[C@H]1CCN(Cc2ccc3c(c2)OCO3)C1. The molecule has 0 spiro atoms. The molecule has 2 aliphatic heterocycles. The highest BCUT2D eigenvalue weighted by Gasteiger charge is 2.19. The summed E-state index contributed by atoms with van der Waals surface area (Å²) in [7, 11) is 0. The Labute approximate surface area is 96.0 Å². The maximum Gasteiger partial charge on any atom is 0.231 e. The van der Waals surface area contributed by atoms with E-state index in [0.29, 0.717) is 6.79 Å². The van der Waals surface area contributed by atoms with Crippen molar-refractivity contribution < 1.29 is 9.47 Å². The Balaban J connectivity index is 1.71. The van der Waals surface area contributed by atoms with E-state index >= 15 is 0 Å². The van der Waals surface area contributed by atoms with Crippen LogP contribution in [0.5, 0.6) is 11.5 Å². The van der Waals surface area contributed by atoms with Gasteiger partial charge in [0.05, 0.1) is 0 Å². The Morgan fingerprint density at radius 3 is 3.00 bits per heavy atom. The highest BCUT2D eigenvalue weighted by Crippen LogP contribution is 2.33. The van der Waals surface area contributed by atoms with Crippen molar-refractivity contribution >= 4 is 0 Å². The molecule has 0 radical (unpaired) electrons. The van der Waals surface area contributed by atoms with Crippen LogP contribution in [-0.2, 0) is 6.54 Å². The van der Waals surface area contributed by atoms with Gasteiger partial charge >= 0.3 is 0 Å². The van der Waals surface area contributed by atoms with Crippen LogP contribution < -0.4 is 9.47 Å². The number of nitrogens with zero attached hydrogens (tertiary/aromatic N) is 1. The highest BCUT2D eigenvalue weighted by molar-refractivity contribution is 5.44. The lowest BCUT2D eigenvalue weighted by molar-refractivity contribution is 0.174. The van der Waals surface area contributed by atoms with Gasteiger partial charge in [-0.1, -0.05) is 13.0 Å². The molecule has 86 valence electrons. The molecule has 0 unspecified atom stereocenters. The fourth-order valence-corrected chi connectivity index (χ4v) is 2.47. The van der Waals surface area contributed by atoms with E-state index in [-0.39, 0.29) is 0 Å². The average Bonchev–Trinajstić information content (AvgIpc) is 2.87. The number of hydrogen-bond donors (Lipinski definition) is 0. The molecule has 3 nitrogen and oxygen atoms in total. The summed E-state index contributed by atoms with van der Waals surface area (Å²) >= 11 is 0. The van der Waals surface area contributed by atoms with Crippen LogP contribution in [0.3, 0.4) is 0 Å². The first-order valence-electron chi connectivity index (χ1n) is 5.92. The molecule has 0 aliphatic carbocycles. The van der Waals surface area contributed by atoms with Gasteiger partial charge in [0, 0.05) is 13.1 Å². The summed E-state index contributed by atoms with van der Waals surface area (Å²) in [6.07, 6.45) is 1.32. The number of hydrogen-bond acceptors (Lipinski definition) is 3. The topological polar surface area (TPSA) is 21.7 Å². The first-order valence-corrected chi connectivity index (χ1v) is 5.92. The van der Waals surface area contributed by atoms with Crippen molar-refractivity contribution in [3.8, 4) is 11.5 Å². The summed E-state index contributed by atoms with van der Waals surface area (Å²) in [5.41, 5.74) is 1.32. The van der Waals surface area contributed by atoms with Gasteiger partial charge in [0.2, 0.25) is 6.79 Å². The third-order valence-corrected chi connectivity index (χ3v) is 3.35. The van der Waals surface area contributed by atoms with E-state index in [1.165, 1.54) is 25.1 Å². The molecule has 3 rings (SSSR count). The molecule has 0 amide bonds. The lowest BCUT2D eigenvalue weighted by atomic mass is 10.2. The number of likely N-dealkylation sites (tertiary alicyclic amines) is 1. The Kier molecular flexibility index (Phi) is 2.48. The number of rotatable bonds is 2. The van der Waals surface area contributed by atoms with E-state index in [4.69, 9.17) is 9.47 Å². The minimum Gasteiger partial charge on any atom is -0.454 e. The van der Waals surface area contributed by atoms with Crippen LogP contribution in [-0.4, -0.2) is 24.8 Å². The maximum absolute atomic E-state index is 5.38. The Hall–Kier alpha value is -1.22. The van der Waals surface area contributed by atoms with E-state index in [9.17, 15) is 0 Å². The standard InChI is InChI=1S/C13H17NO2/c1-10-4-5-14(7-10)8-11-2-3-12-13(6-11)16-9-15-12/h2-3,6,10H,4-5,7-9H2,1H3/t10-/m0/s1. The van der Waals surface area contributed by atoms with Crippen molar-refractivity contribution in [2.45, 2.75) is 19.9 Å². The summed E-state index contributed by atoms with van der Waals surface area (Å²) in [5.74, 6) is 2.61. The molecule has 0 N–H and O–H groups in total. The predicted octanol–water partition coefficient (Wildman–Crippen LogP) is 2.26. The average molecular weight is 219 g/mol. The van der Waals surface area contributed by atoms with Crippen molar-refractivity contribution in [3.63, 3.8) is 0 Å². The lowest BCUT2D eigenvalue weighted by Gasteiger charge is -2.15. The second-order valence-corrected chi connectivity index (χ2v) is 4.82. The largest absolute Gasteiger partial charge is 0.454 e. The molecule has 16 heavy (non-hydrogen) atoms. The smallest absolute Gasteiger partial charge is 0.231 e. The monoisotopic (exact) mass is 219 g/mol. The van der Waals surface area contributed by atoms with E-state index < -0.39 is 0 Å². The first kappa shape index (κ1) is 9.97. The molecule has 2 heterocycles. The Morgan fingerprint density at radius 1 is 1.31 bits per heavy atom. The third-order valence-electron chi connectivity index (χ3n) is 3.35. The number of fused-ring (bicyclic) bond motifs is 1. The van der Waals surface area contributed by atoms with Gasteiger partial charge in [-0.05, 0) is 36.6 Å². The van der Waals surface area contributed by atoms with E-state index in [1.54, 1.807) is 0 Å². The van der Waals surface area contributed by atoms with Gasteiger partial charge in [-0.3, -0.25) is 4.90 Å². The molecule has 2 aliphatic rings. The number of benzene rings is 1. The fourth-order valence-electron chi connectivity index (χ4n) is 2.47. The highest BCUT2D eigenvalue weighted by atomic mass is 16.7. The Morgan fingerprint density at radius 2 is 2.19 bits per heavy atom. The predicted molar refractivity (Wildman–Crippen MR) is 61.6 cm³/mol. The quantitative estimate of drug-likeness (QED) is 0.761. The minimum atomic E-state index is 0.361. The van der Waals surface area contributed by atoms with Crippen LogP contribution in [0.15, 0.2) is 18.2 Å². The first-order chi connectivity index (χ1) is 7.81. The van der Waals surface area contributed by atoms with E-state index in [1.807, 2.05) is 6.07 Å². The van der Waals surface area contributed by atoms with E-state index in [0.717, 1.165) is 24.0 Å². The zero-order valence-corrected chi connectivity index (χ0v) is 9.61. The minimum absolute atomic E-state index is 0.361. The molecule has 0 bridgehead atoms. The molecule has 1 saturated heterocycles. The van der Waals surface area contributed by atoms with Gasteiger partial charge in [0.1, 0.15) is 0 Å². The van der Waals surface area contributed by atoms with Gasteiger partial charge in [-0.15, -0.1) is 0 Å². The molecule has 0 aromatic heterocycles. The van der Waals surface area contributed by atoms with E-state index in [2.05, 4.69) is 24.0 Å². The molecule has 3 heteroatoms. The second-order valence-electron chi connectivity index (χ2n) is 4.82. The van der Waals surface area contributed by atoms with Crippen LogP contribution in [0.4, 0.5) is 0 Å². The summed E-state index contributed by atoms with van der Waals surface area (Å²) in [6.45, 7) is 6.14. The molecule has 0 saturated carbocycles. The molecular weight excluding hydrogens is 202 g/mol. The summed E-state index contributed by atoms with van der Waals surface area (Å²) in [4.78, 5) is 2.50. The van der Waals surface area contributed by atoms with Gasteiger partial charge in [0.25, 0.3) is 0 Å². The third kappa shape index (κ3) is 1.87. The molecular formula is C13H17NO2.